The molecule has 9 rings (SSSR count). The van der Waals surface area contributed by atoms with Crippen LogP contribution in [0.3, 0.4) is 0 Å². The van der Waals surface area contributed by atoms with E-state index in [2.05, 4.69) is 45.3 Å². The summed E-state index contributed by atoms with van der Waals surface area (Å²) in [7, 11) is 0. The molecule has 5 aliphatic rings. The zero-order chi connectivity index (χ0) is 42.6. The van der Waals surface area contributed by atoms with Gasteiger partial charge in [0, 0.05) is 96.4 Å². The molecule has 0 radical (unpaired) electrons. The first kappa shape index (κ1) is 41.5. The molecule has 4 aromatic rings. The van der Waals surface area contributed by atoms with Gasteiger partial charge in [0.25, 0.3) is 0 Å². The van der Waals surface area contributed by atoms with Crippen LogP contribution in [0.4, 0.5) is 34.1 Å². The summed E-state index contributed by atoms with van der Waals surface area (Å²) in [5.41, 5.74) is 1.32. The van der Waals surface area contributed by atoms with E-state index in [0.29, 0.717) is 85.8 Å². The smallest absolute Gasteiger partial charge is 0.346 e. The van der Waals surface area contributed by atoms with Crippen LogP contribution >= 0.6 is 0 Å². The second kappa shape index (κ2) is 18.2. The summed E-state index contributed by atoms with van der Waals surface area (Å²) in [5, 5.41) is 15.8. The number of rotatable bonds is 14. The van der Waals surface area contributed by atoms with Gasteiger partial charge in [0.2, 0.25) is 28.6 Å². The number of fused-ring (bicyclic) bond motifs is 1. The fourth-order valence-corrected chi connectivity index (χ4v) is 9.46. The standard InChI is InChI=1S/C41H49N13O7S/c55-27-41(9-1-10-41)49-35-34-32(8-22-62(34)59)46-39(48-35)53-19-17-52(18-20-53)38-44-25-31(26-45-38)61-36(57)28-23-42-37(43-24-28)51-15-13-50(14-16-51)11-2-21-60-30-5-3-29(4-6-30)54-12-7-33(56)47-40(54)58/h3-6,23-26,55H,1-2,7-22,27H2,(H,46,48,49)(H,47,56,58)/t62-/m1/s1. The van der Waals surface area contributed by atoms with Crippen LogP contribution in [-0.4, -0.2) is 152 Å². The highest BCUT2D eigenvalue weighted by Crippen LogP contribution is 2.39. The summed E-state index contributed by atoms with van der Waals surface area (Å²) < 4.78 is 24.3. The number of amides is 3. The molecule has 0 bridgehead atoms. The van der Waals surface area contributed by atoms with E-state index < -0.39 is 28.7 Å². The van der Waals surface area contributed by atoms with Crippen molar-refractivity contribution in [1.29, 1.82) is 0 Å². The van der Waals surface area contributed by atoms with E-state index in [4.69, 9.17) is 19.4 Å². The van der Waals surface area contributed by atoms with E-state index >= 15 is 0 Å². The molecule has 62 heavy (non-hydrogen) atoms. The summed E-state index contributed by atoms with van der Waals surface area (Å²) >= 11 is -1.16. The average Bonchev–Trinajstić information content (AvgIpc) is 3.67. The van der Waals surface area contributed by atoms with E-state index in [1.54, 1.807) is 4.90 Å². The lowest BCUT2D eigenvalue weighted by molar-refractivity contribution is -0.120. The maximum Gasteiger partial charge on any atom is 0.346 e. The Bertz CT molecular complexity index is 2230. The summed E-state index contributed by atoms with van der Waals surface area (Å²) in [5.74, 6) is 2.82. The van der Waals surface area contributed by atoms with E-state index in [0.717, 1.165) is 69.9 Å². The molecule has 7 heterocycles. The lowest BCUT2D eigenvalue weighted by Crippen LogP contribution is -2.49. The number of esters is 1. The second-order valence-corrected chi connectivity index (χ2v) is 17.5. The summed E-state index contributed by atoms with van der Waals surface area (Å²) in [4.78, 5) is 74.8. The van der Waals surface area contributed by atoms with Crippen molar-refractivity contribution in [3.63, 3.8) is 0 Å². The van der Waals surface area contributed by atoms with E-state index in [9.17, 15) is 24.0 Å². The molecule has 0 spiro atoms. The van der Waals surface area contributed by atoms with Gasteiger partial charge in [0.15, 0.2) is 11.6 Å². The van der Waals surface area contributed by atoms with Crippen molar-refractivity contribution < 1.29 is 33.5 Å². The van der Waals surface area contributed by atoms with Gasteiger partial charge >= 0.3 is 12.0 Å². The minimum absolute atomic E-state index is 0.00264. The Morgan fingerprint density at radius 2 is 1.47 bits per heavy atom. The van der Waals surface area contributed by atoms with E-state index in [1.165, 1.54) is 24.8 Å². The fraction of sp³-hybridized carbons (Fsp3) is 0.488. The minimum Gasteiger partial charge on any atom is -0.611 e. The molecule has 1 saturated carbocycles. The first-order chi connectivity index (χ1) is 30.2. The molecule has 0 unspecified atom stereocenters. The molecule has 20 nitrogen and oxygen atoms in total. The molecular formula is C41H49N13O7S. The number of nitrogens with one attached hydrogen (secondary N) is 2. The minimum atomic E-state index is -1.16. The van der Waals surface area contributed by atoms with Crippen LogP contribution in [0, 0.1) is 0 Å². The molecule has 1 atom stereocenters. The number of imide groups is 1. The van der Waals surface area contributed by atoms with Gasteiger partial charge in [-0.2, -0.15) is 4.98 Å². The molecule has 3 aromatic heterocycles. The first-order valence-corrected chi connectivity index (χ1v) is 22.4. The number of piperazine rings is 2. The van der Waals surface area contributed by atoms with Crippen LogP contribution in [0.15, 0.2) is 53.9 Å². The number of urea groups is 1. The third-order valence-electron chi connectivity index (χ3n) is 12.0. The van der Waals surface area contributed by atoms with Crippen molar-refractivity contribution in [2.45, 2.75) is 49.0 Å². The van der Waals surface area contributed by atoms with Gasteiger partial charge < -0.3 is 39.1 Å². The van der Waals surface area contributed by atoms with Crippen molar-refractivity contribution in [2.24, 2.45) is 0 Å². The van der Waals surface area contributed by atoms with Crippen molar-refractivity contribution in [1.82, 2.24) is 40.1 Å². The van der Waals surface area contributed by atoms with Gasteiger partial charge in [-0.15, -0.1) is 0 Å². The van der Waals surface area contributed by atoms with Crippen LogP contribution in [0.1, 0.15) is 48.2 Å². The number of carbonyl (C=O) groups excluding carboxylic acids is 3. The lowest BCUT2D eigenvalue weighted by atomic mass is 9.77. The third-order valence-corrected chi connectivity index (χ3v) is 13.4. The fourth-order valence-electron chi connectivity index (χ4n) is 8.16. The molecule has 1 aromatic carbocycles. The highest BCUT2D eigenvalue weighted by molar-refractivity contribution is 7.91. The number of carbonyl (C=O) groups is 3. The van der Waals surface area contributed by atoms with Crippen LogP contribution in [0.5, 0.6) is 11.5 Å². The van der Waals surface area contributed by atoms with E-state index in [1.807, 2.05) is 29.2 Å². The van der Waals surface area contributed by atoms with Crippen LogP contribution in [0.25, 0.3) is 0 Å². The number of hydrogen-bond donors (Lipinski definition) is 3. The molecule has 21 heteroatoms. The largest absolute Gasteiger partial charge is 0.611 e. The van der Waals surface area contributed by atoms with E-state index in [-0.39, 0.29) is 30.2 Å². The predicted octanol–water partition coefficient (Wildman–Crippen LogP) is 1.63. The monoisotopic (exact) mass is 867 g/mol. The topological polar surface area (TPSA) is 231 Å². The Hall–Kier alpha value is -5.90. The van der Waals surface area contributed by atoms with Crippen LogP contribution < -0.4 is 39.7 Å². The number of benzene rings is 1. The molecule has 3 saturated heterocycles. The van der Waals surface area contributed by atoms with Gasteiger partial charge in [0.1, 0.15) is 17.2 Å². The molecule has 3 N–H and O–H groups in total. The zero-order valence-electron chi connectivity index (χ0n) is 34.3. The Morgan fingerprint density at radius 3 is 2.10 bits per heavy atom. The number of anilines is 5. The number of ether oxygens (including phenoxy) is 2. The van der Waals surface area contributed by atoms with Gasteiger partial charge in [-0.1, -0.05) is 0 Å². The number of nitrogens with zero attached hydrogens (tertiary/aromatic N) is 11. The quantitative estimate of drug-likeness (QED) is 0.0929. The molecule has 4 aliphatic heterocycles. The number of aliphatic hydroxyl groups is 1. The van der Waals surface area contributed by atoms with Crippen molar-refractivity contribution in [3.8, 4) is 11.5 Å². The maximum atomic E-state index is 13.0. The van der Waals surface area contributed by atoms with Crippen molar-refractivity contribution >= 4 is 58.4 Å². The average molecular weight is 868 g/mol. The second-order valence-electron chi connectivity index (χ2n) is 16.0. The molecule has 1 aliphatic carbocycles. The SMILES string of the molecule is O=C1CCN(c2ccc(OCCCN3CCN(c4ncc(C(=O)Oc5cnc(N6CCN(c7nc8c(c(NC9(CO)CCC9)n7)[S@+]([O-])CC8)CC6)nc5)cn4)CC3)cc2)C(=O)N1. The Kier molecular flexibility index (Phi) is 12.2. The predicted molar refractivity (Wildman–Crippen MR) is 228 cm³/mol. The molecular weight excluding hydrogens is 819 g/mol. The van der Waals surface area contributed by atoms with Gasteiger partial charge in [0.05, 0.1) is 36.7 Å². The summed E-state index contributed by atoms with van der Waals surface area (Å²) in [6.07, 6.45) is 10.4. The normalized spacial score (nSPS) is 20.1. The highest BCUT2D eigenvalue weighted by atomic mass is 32.2. The first-order valence-electron chi connectivity index (χ1n) is 21.1. The van der Waals surface area contributed by atoms with Crippen molar-refractivity contribution in [3.05, 3.63) is 60.3 Å². The van der Waals surface area contributed by atoms with Gasteiger partial charge in [-0.25, -0.2) is 34.5 Å². The Labute approximate surface area is 361 Å². The number of aromatic nitrogens is 6. The lowest BCUT2D eigenvalue weighted by Gasteiger charge is -2.41. The number of aryl methyl sites for hydroxylation is 1. The molecule has 326 valence electrons. The van der Waals surface area contributed by atoms with Gasteiger partial charge in [-0.3, -0.25) is 19.9 Å². The maximum absolute atomic E-state index is 13.0. The Balaban J connectivity index is 0.695. The van der Waals surface area contributed by atoms with Crippen LogP contribution in [-0.2, 0) is 22.4 Å². The number of aliphatic hydroxyl groups excluding tert-OH is 1. The van der Waals surface area contributed by atoms with Gasteiger partial charge in [-0.05, 0) is 61.1 Å². The number of hydrogen-bond acceptors (Lipinski definition) is 18. The highest BCUT2D eigenvalue weighted by Gasteiger charge is 2.41. The summed E-state index contributed by atoms with van der Waals surface area (Å²) in [6.45, 7) is 7.46. The van der Waals surface area contributed by atoms with Crippen molar-refractivity contribution in [2.75, 3.05) is 109 Å². The zero-order valence-corrected chi connectivity index (χ0v) is 35.1. The molecule has 3 amide bonds. The molecule has 4 fully saturated rings. The van der Waals surface area contributed by atoms with Crippen LogP contribution in [0.2, 0.25) is 0 Å². The Morgan fingerprint density at radius 1 is 0.823 bits per heavy atom. The summed E-state index contributed by atoms with van der Waals surface area (Å²) in [6, 6.07) is 6.89. The third kappa shape index (κ3) is 9.15.